The Morgan fingerprint density at radius 3 is 2.65 bits per heavy atom. The smallest absolute Gasteiger partial charge is 0.437 e. The summed E-state index contributed by atoms with van der Waals surface area (Å²) in [7, 11) is 0. The summed E-state index contributed by atoms with van der Waals surface area (Å²) in [6, 6.07) is 1.68. The average Bonchev–Trinajstić information content (AvgIpc) is 3.04. The Morgan fingerprint density at radius 1 is 1.35 bits per heavy atom. The molecule has 0 spiro atoms. The van der Waals surface area contributed by atoms with Gasteiger partial charge in [-0.05, 0) is 31.2 Å². The number of aromatic nitrogens is 2. The Labute approximate surface area is 133 Å². The third-order valence-corrected chi connectivity index (χ3v) is 4.20. The van der Waals surface area contributed by atoms with Crippen molar-refractivity contribution in [2.75, 3.05) is 13.1 Å². The zero-order valence-electron chi connectivity index (χ0n) is 13.6. The highest BCUT2D eigenvalue weighted by Gasteiger charge is 2.26. The summed E-state index contributed by atoms with van der Waals surface area (Å²) in [6.45, 7) is 7.39. The van der Waals surface area contributed by atoms with Crippen LogP contribution >= 0.6 is 0 Å². The van der Waals surface area contributed by atoms with Crippen molar-refractivity contribution >= 4 is 5.91 Å². The lowest BCUT2D eigenvalue weighted by Crippen LogP contribution is -2.44. The Balaban J connectivity index is 1.76. The van der Waals surface area contributed by atoms with Crippen molar-refractivity contribution in [1.82, 2.24) is 14.7 Å². The van der Waals surface area contributed by atoms with Crippen LogP contribution in [0, 0.1) is 18.8 Å². The zero-order chi connectivity index (χ0) is 16.6. The van der Waals surface area contributed by atoms with Gasteiger partial charge in [-0.2, -0.15) is 4.68 Å². The second-order valence-electron chi connectivity index (χ2n) is 6.47. The largest absolute Gasteiger partial charge is 0.469 e. The molecule has 0 aromatic carbocycles. The lowest BCUT2D eigenvalue weighted by molar-refractivity contribution is -0.134. The summed E-state index contributed by atoms with van der Waals surface area (Å²) >= 11 is 0. The van der Waals surface area contributed by atoms with Crippen molar-refractivity contribution in [2.24, 2.45) is 11.8 Å². The summed E-state index contributed by atoms with van der Waals surface area (Å²) in [5, 5.41) is 4.12. The van der Waals surface area contributed by atoms with Gasteiger partial charge in [0.15, 0.2) is 0 Å². The highest BCUT2D eigenvalue weighted by molar-refractivity contribution is 5.76. The SMILES string of the molecule is Cc1occc1-c1nn(CC(=O)N2C[C@@H](C)C[C@H](C)C2)c(=O)o1. The molecular formula is C16H21N3O4. The maximum atomic E-state index is 12.4. The summed E-state index contributed by atoms with van der Waals surface area (Å²) in [5.41, 5.74) is 0.619. The van der Waals surface area contributed by atoms with Crippen molar-refractivity contribution < 1.29 is 13.6 Å². The van der Waals surface area contributed by atoms with Gasteiger partial charge in [0.05, 0.1) is 11.8 Å². The van der Waals surface area contributed by atoms with Crippen LogP contribution in [-0.4, -0.2) is 33.7 Å². The highest BCUT2D eigenvalue weighted by atomic mass is 16.4. The van der Waals surface area contributed by atoms with Crippen LogP contribution < -0.4 is 5.76 Å². The molecule has 23 heavy (non-hydrogen) atoms. The molecule has 124 valence electrons. The standard InChI is InChI=1S/C16H21N3O4/c1-10-6-11(2)8-18(7-10)14(20)9-19-16(21)23-15(17-19)13-4-5-22-12(13)3/h4-5,10-11H,6-9H2,1-3H3/t10-,11-/m0/s1. The molecule has 3 heterocycles. The predicted molar refractivity (Wildman–Crippen MR) is 82.7 cm³/mol. The lowest BCUT2D eigenvalue weighted by atomic mass is 9.92. The summed E-state index contributed by atoms with van der Waals surface area (Å²) in [4.78, 5) is 26.2. The van der Waals surface area contributed by atoms with E-state index in [0.29, 0.717) is 23.2 Å². The number of likely N-dealkylation sites (tertiary alicyclic amines) is 1. The summed E-state index contributed by atoms with van der Waals surface area (Å²) < 4.78 is 11.4. The van der Waals surface area contributed by atoms with Crippen molar-refractivity contribution in [1.29, 1.82) is 0 Å². The number of hydrogen-bond donors (Lipinski definition) is 0. The quantitative estimate of drug-likeness (QED) is 0.863. The second-order valence-corrected chi connectivity index (χ2v) is 6.47. The number of furan rings is 1. The van der Waals surface area contributed by atoms with Crippen LogP contribution in [0.15, 0.2) is 26.0 Å². The number of hydrogen-bond acceptors (Lipinski definition) is 5. The van der Waals surface area contributed by atoms with Crippen molar-refractivity contribution in [3.63, 3.8) is 0 Å². The molecule has 0 radical (unpaired) electrons. The molecule has 0 saturated carbocycles. The van der Waals surface area contributed by atoms with Gasteiger partial charge in [0.1, 0.15) is 12.3 Å². The molecule has 1 fully saturated rings. The molecule has 1 aliphatic rings. The topological polar surface area (TPSA) is 81.5 Å². The fourth-order valence-corrected chi connectivity index (χ4v) is 3.22. The first-order valence-electron chi connectivity index (χ1n) is 7.84. The molecule has 2 atom stereocenters. The average molecular weight is 319 g/mol. The minimum absolute atomic E-state index is 0.0985. The van der Waals surface area contributed by atoms with Gasteiger partial charge in [0.25, 0.3) is 5.89 Å². The fraction of sp³-hybridized carbons (Fsp3) is 0.562. The normalized spacial score (nSPS) is 21.6. The van der Waals surface area contributed by atoms with E-state index in [4.69, 9.17) is 8.83 Å². The van der Waals surface area contributed by atoms with Gasteiger partial charge in [0, 0.05) is 13.1 Å². The molecule has 0 aliphatic carbocycles. The van der Waals surface area contributed by atoms with E-state index in [1.165, 1.54) is 6.26 Å². The van der Waals surface area contributed by atoms with Crippen LogP contribution in [0.1, 0.15) is 26.0 Å². The number of carbonyl (C=O) groups excluding carboxylic acids is 1. The first kappa shape index (κ1) is 15.6. The molecule has 1 amide bonds. The first-order chi connectivity index (χ1) is 10.9. The molecule has 2 aromatic rings. The highest BCUT2D eigenvalue weighted by Crippen LogP contribution is 2.22. The molecule has 7 nitrogen and oxygen atoms in total. The maximum absolute atomic E-state index is 12.4. The van der Waals surface area contributed by atoms with Crippen LogP contribution in [0.5, 0.6) is 0 Å². The molecule has 0 unspecified atom stereocenters. The predicted octanol–water partition coefficient (Wildman–Crippen LogP) is 1.91. The fourth-order valence-electron chi connectivity index (χ4n) is 3.22. The van der Waals surface area contributed by atoms with E-state index in [1.54, 1.807) is 13.0 Å². The van der Waals surface area contributed by atoms with E-state index < -0.39 is 5.76 Å². The minimum atomic E-state index is -0.632. The Kier molecular flexibility index (Phi) is 4.11. The lowest BCUT2D eigenvalue weighted by Gasteiger charge is -2.34. The van der Waals surface area contributed by atoms with E-state index in [-0.39, 0.29) is 18.3 Å². The van der Waals surface area contributed by atoms with E-state index in [2.05, 4.69) is 18.9 Å². The molecule has 1 saturated heterocycles. The number of carbonyl (C=O) groups is 1. The van der Waals surface area contributed by atoms with Gasteiger partial charge in [-0.15, -0.1) is 5.10 Å². The third kappa shape index (κ3) is 3.23. The van der Waals surface area contributed by atoms with Crippen molar-refractivity contribution in [3.05, 3.63) is 28.6 Å². The van der Waals surface area contributed by atoms with Crippen LogP contribution in [0.25, 0.3) is 11.5 Å². The minimum Gasteiger partial charge on any atom is -0.469 e. The van der Waals surface area contributed by atoms with Crippen LogP contribution in [0.4, 0.5) is 0 Å². The van der Waals surface area contributed by atoms with E-state index in [1.807, 2.05) is 4.90 Å². The monoisotopic (exact) mass is 319 g/mol. The van der Waals surface area contributed by atoms with Gasteiger partial charge < -0.3 is 13.7 Å². The second kappa shape index (κ2) is 6.06. The molecule has 7 heteroatoms. The molecule has 0 bridgehead atoms. The Hall–Kier alpha value is -2.31. The summed E-state index contributed by atoms with van der Waals surface area (Å²) in [5.74, 6) is 1.00. The molecule has 1 aliphatic heterocycles. The Bertz CT molecular complexity index is 747. The van der Waals surface area contributed by atoms with Gasteiger partial charge >= 0.3 is 5.76 Å². The number of aryl methyl sites for hydroxylation is 1. The van der Waals surface area contributed by atoms with Gasteiger partial charge in [0.2, 0.25) is 5.91 Å². The van der Waals surface area contributed by atoms with Gasteiger partial charge in [-0.25, -0.2) is 4.79 Å². The van der Waals surface area contributed by atoms with Crippen LogP contribution in [0.3, 0.4) is 0 Å². The molecule has 2 aromatic heterocycles. The van der Waals surface area contributed by atoms with E-state index in [9.17, 15) is 9.59 Å². The summed E-state index contributed by atoms with van der Waals surface area (Å²) in [6.07, 6.45) is 2.63. The third-order valence-electron chi connectivity index (χ3n) is 4.20. The van der Waals surface area contributed by atoms with E-state index in [0.717, 1.165) is 24.2 Å². The number of nitrogens with zero attached hydrogens (tertiary/aromatic N) is 3. The van der Waals surface area contributed by atoms with Crippen LogP contribution in [0.2, 0.25) is 0 Å². The van der Waals surface area contributed by atoms with Gasteiger partial charge in [-0.1, -0.05) is 13.8 Å². The molecular weight excluding hydrogens is 298 g/mol. The first-order valence-corrected chi connectivity index (χ1v) is 7.84. The Morgan fingerprint density at radius 2 is 2.04 bits per heavy atom. The van der Waals surface area contributed by atoms with Gasteiger partial charge in [-0.3, -0.25) is 4.79 Å². The molecule has 3 rings (SSSR count). The van der Waals surface area contributed by atoms with Crippen molar-refractivity contribution in [3.8, 4) is 11.5 Å². The zero-order valence-corrected chi connectivity index (χ0v) is 13.6. The maximum Gasteiger partial charge on any atom is 0.437 e. The van der Waals surface area contributed by atoms with Crippen LogP contribution in [-0.2, 0) is 11.3 Å². The van der Waals surface area contributed by atoms with E-state index >= 15 is 0 Å². The number of amides is 1. The van der Waals surface area contributed by atoms with Crippen molar-refractivity contribution in [2.45, 2.75) is 33.7 Å². The number of piperidine rings is 1. The number of rotatable bonds is 3. The molecule has 0 N–H and O–H groups in total.